The summed E-state index contributed by atoms with van der Waals surface area (Å²) in [6.45, 7) is 6.40. The standard InChI is InChI=1S/C31H32N4O2S/c1-21-8-11-25(16-22(21)2)33-31(36)29-20-38-30(34-29)19-35(18-23-9-12-26(37-3)13-10-23)15-14-24-17-32-28-7-5-4-6-27(24)28/h4-13,16-17,20,32H,14-15,18-19H2,1-3H3,(H,33,36). The Bertz CT molecular complexity index is 1540. The number of anilines is 1. The Labute approximate surface area is 227 Å². The summed E-state index contributed by atoms with van der Waals surface area (Å²) in [4.78, 5) is 23.3. The van der Waals surface area contributed by atoms with E-state index in [4.69, 9.17) is 4.74 Å². The molecule has 3 aromatic carbocycles. The first-order valence-corrected chi connectivity index (χ1v) is 13.6. The van der Waals surface area contributed by atoms with Gasteiger partial charge < -0.3 is 15.0 Å². The lowest BCUT2D eigenvalue weighted by atomic mass is 10.1. The largest absolute Gasteiger partial charge is 0.497 e. The second-order valence-electron chi connectivity index (χ2n) is 9.55. The molecule has 0 bridgehead atoms. The Balaban J connectivity index is 1.30. The number of hydrogen-bond donors (Lipinski definition) is 2. The lowest BCUT2D eigenvalue weighted by molar-refractivity contribution is 0.102. The van der Waals surface area contributed by atoms with Crippen molar-refractivity contribution in [3.8, 4) is 5.75 Å². The fourth-order valence-corrected chi connectivity index (χ4v) is 5.33. The Morgan fingerprint density at radius 2 is 1.84 bits per heavy atom. The normalized spacial score (nSPS) is 11.3. The average molecular weight is 525 g/mol. The number of methoxy groups -OCH3 is 1. The van der Waals surface area contributed by atoms with Crippen LogP contribution in [0.25, 0.3) is 10.9 Å². The van der Waals surface area contributed by atoms with E-state index in [0.717, 1.165) is 47.0 Å². The molecule has 0 radical (unpaired) electrons. The lowest BCUT2D eigenvalue weighted by Gasteiger charge is -2.21. The van der Waals surface area contributed by atoms with Crippen LogP contribution in [0.15, 0.2) is 78.3 Å². The molecule has 0 aliphatic heterocycles. The highest BCUT2D eigenvalue weighted by Gasteiger charge is 2.15. The molecule has 38 heavy (non-hydrogen) atoms. The summed E-state index contributed by atoms with van der Waals surface area (Å²) in [6, 6.07) is 22.5. The van der Waals surface area contributed by atoms with Gasteiger partial charge in [-0.2, -0.15) is 0 Å². The summed E-state index contributed by atoms with van der Waals surface area (Å²) in [5.74, 6) is 0.662. The smallest absolute Gasteiger partial charge is 0.275 e. The number of aromatic amines is 1. The molecule has 2 aromatic heterocycles. The van der Waals surface area contributed by atoms with E-state index in [2.05, 4.69) is 69.7 Å². The molecule has 0 unspecified atom stereocenters. The molecule has 0 aliphatic rings. The second kappa shape index (κ2) is 11.6. The van der Waals surface area contributed by atoms with Crippen molar-refractivity contribution in [3.05, 3.63) is 111 Å². The van der Waals surface area contributed by atoms with Crippen LogP contribution in [-0.2, 0) is 19.5 Å². The number of benzene rings is 3. The van der Waals surface area contributed by atoms with Crippen molar-refractivity contribution in [2.24, 2.45) is 0 Å². The number of ether oxygens (including phenoxy) is 1. The molecular formula is C31H32N4O2S. The minimum absolute atomic E-state index is 0.184. The summed E-state index contributed by atoms with van der Waals surface area (Å²) in [7, 11) is 1.68. The topological polar surface area (TPSA) is 70.2 Å². The van der Waals surface area contributed by atoms with Crippen LogP contribution in [0.5, 0.6) is 5.75 Å². The number of hydrogen-bond acceptors (Lipinski definition) is 5. The van der Waals surface area contributed by atoms with Crippen molar-refractivity contribution >= 4 is 33.8 Å². The van der Waals surface area contributed by atoms with E-state index in [1.807, 2.05) is 42.6 Å². The number of thiazole rings is 1. The van der Waals surface area contributed by atoms with Crippen LogP contribution in [0, 0.1) is 13.8 Å². The highest BCUT2D eigenvalue weighted by Crippen LogP contribution is 2.22. The summed E-state index contributed by atoms with van der Waals surface area (Å²) in [6.07, 6.45) is 3.01. The number of para-hydroxylation sites is 1. The number of nitrogens with zero attached hydrogens (tertiary/aromatic N) is 2. The van der Waals surface area contributed by atoms with Crippen LogP contribution in [0.3, 0.4) is 0 Å². The molecule has 2 heterocycles. The van der Waals surface area contributed by atoms with Crippen LogP contribution in [0.2, 0.25) is 0 Å². The van der Waals surface area contributed by atoms with Gasteiger partial charge in [0.15, 0.2) is 0 Å². The number of fused-ring (bicyclic) bond motifs is 1. The zero-order valence-corrected chi connectivity index (χ0v) is 22.8. The van der Waals surface area contributed by atoms with Crippen molar-refractivity contribution < 1.29 is 9.53 Å². The Morgan fingerprint density at radius 1 is 1.03 bits per heavy atom. The molecule has 0 spiro atoms. The molecule has 7 heteroatoms. The van der Waals surface area contributed by atoms with Gasteiger partial charge in [0.05, 0.1) is 13.7 Å². The van der Waals surface area contributed by atoms with E-state index in [0.29, 0.717) is 12.2 Å². The van der Waals surface area contributed by atoms with Crippen molar-refractivity contribution in [1.29, 1.82) is 0 Å². The highest BCUT2D eigenvalue weighted by molar-refractivity contribution is 7.09. The monoisotopic (exact) mass is 524 g/mol. The number of carbonyl (C=O) groups is 1. The maximum Gasteiger partial charge on any atom is 0.275 e. The maximum atomic E-state index is 12.9. The van der Waals surface area contributed by atoms with Crippen LogP contribution in [0.4, 0.5) is 5.69 Å². The second-order valence-corrected chi connectivity index (χ2v) is 10.5. The van der Waals surface area contributed by atoms with Gasteiger partial charge in [0, 0.05) is 41.3 Å². The van der Waals surface area contributed by atoms with Gasteiger partial charge in [-0.1, -0.05) is 36.4 Å². The SMILES string of the molecule is COc1ccc(CN(CCc2c[nH]c3ccccc23)Cc2nc(C(=O)Nc3ccc(C)c(C)c3)cs2)cc1. The third-order valence-corrected chi connectivity index (χ3v) is 7.68. The van der Waals surface area contributed by atoms with Crippen LogP contribution in [-0.4, -0.2) is 34.4 Å². The number of carbonyl (C=O) groups excluding carboxylic acids is 1. The van der Waals surface area contributed by atoms with Gasteiger partial charge in [-0.05, 0) is 72.9 Å². The lowest BCUT2D eigenvalue weighted by Crippen LogP contribution is -2.25. The number of H-pyrrole nitrogens is 1. The number of rotatable bonds is 10. The fraction of sp³-hybridized carbons (Fsp3) is 0.226. The molecule has 5 aromatic rings. The first kappa shape index (κ1) is 25.7. The van der Waals surface area contributed by atoms with Gasteiger partial charge >= 0.3 is 0 Å². The minimum Gasteiger partial charge on any atom is -0.497 e. The minimum atomic E-state index is -0.184. The molecule has 0 fully saturated rings. The quantitative estimate of drug-likeness (QED) is 0.212. The third kappa shape index (κ3) is 6.13. The molecule has 0 aliphatic carbocycles. The van der Waals surface area contributed by atoms with E-state index in [9.17, 15) is 4.79 Å². The molecule has 194 valence electrons. The van der Waals surface area contributed by atoms with Gasteiger partial charge in [0.1, 0.15) is 16.5 Å². The fourth-order valence-electron chi connectivity index (χ4n) is 4.51. The van der Waals surface area contributed by atoms with E-state index in [1.165, 1.54) is 33.4 Å². The molecule has 1 amide bonds. The number of amides is 1. The molecule has 0 saturated carbocycles. The zero-order valence-electron chi connectivity index (χ0n) is 22.0. The third-order valence-electron chi connectivity index (χ3n) is 6.85. The summed E-state index contributed by atoms with van der Waals surface area (Å²) >= 11 is 1.53. The zero-order chi connectivity index (χ0) is 26.5. The van der Waals surface area contributed by atoms with Crippen LogP contribution in [0.1, 0.15) is 37.7 Å². The van der Waals surface area contributed by atoms with Crippen LogP contribution >= 0.6 is 11.3 Å². The molecule has 5 rings (SSSR count). The molecular weight excluding hydrogens is 492 g/mol. The molecule has 0 atom stereocenters. The maximum absolute atomic E-state index is 12.9. The summed E-state index contributed by atoms with van der Waals surface area (Å²) < 4.78 is 5.32. The van der Waals surface area contributed by atoms with Crippen molar-refractivity contribution in [2.75, 3.05) is 19.0 Å². The highest BCUT2D eigenvalue weighted by atomic mass is 32.1. The first-order valence-electron chi connectivity index (χ1n) is 12.7. The van der Waals surface area contributed by atoms with Crippen molar-refractivity contribution in [3.63, 3.8) is 0 Å². The number of aromatic nitrogens is 2. The van der Waals surface area contributed by atoms with E-state index < -0.39 is 0 Å². The van der Waals surface area contributed by atoms with Crippen molar-refractivity contribution in [2.45, 2.75) is 33.4 Å². The Kier molecular flexibility index (Phi) is 7.86. The van der Waals surface area contributed by atoms with Gasteiger partial charge in [-0.15, -0.1) is 11.3 Å². The predicted octanol–water partition coefficient (Wildman–Crippen LogP) is 6.75. The number of nitrogens with one attached hydrogen (secondary N) is 2. The van der Waals surface area contributed by atoms with E-state index in [-0.39, 0.29) is 5.91 Å². The summed E-state index contributed by atoms with van der Waals surface area (Å²) in [5.41, 5.74) is 7.23. The van der Waals surface area contributed by atoms with E-state index in [1.54, 1.807) is 7.11 Å². The van der Waals surface area contributed by atoms with Gasteiger partial charge in [-0.3, -0.25) is 9.69 Å². The average Bonchev–Trinajstić information content (AvgIpc) is 3.57. The van der Waals surface area contributed by atoms with Gasteiger partial charge in [0.25, 0.3) is 5.91 Å². The van der Waals surface area contributed by atoms with Gasteiger partial charge in [-0.25, -0.2) is 4.98 Å². The molecule has 0 saturated heterocycles. The molecule has 6 nitrogen and oxygen atoms in total. The molecule has 2 N–H and O–H groups in total. The Hall–Kier alpha value is -3.94. The first-order chi connectivity index (χ1) is 18.5. The predicted molar refractivity (Wildman–Crippen MR) is 155 cm³/mol. The Morgan fingerprint density at radius 3 is 2.63 bits per heavy atom. The van der Waals surface area contributed by atoms with Crippen LogP contribution < -0.4 is 10.1 Å². The van der Waals surface area contributed by atoms with Crippen molar-refractivity contribution in [1.82, 2.24) is 14.9 Å². The number of aryl methyl sites for hydroxylation is 2. The van der Waals surface area contributed by atoms with E-state index >= 15 is 0 Å². The van der Waals surface area contributed by atoms with Gasteiger partial charge in [0.2, 0.25) is 0 Å². The summed E-state index contributed by atoms with van der Waals surface area (Å²) in [5, 5.41) is 7.00.